The molecule has 0 aliphatic carbocycles. The van der Waals surface area contributed by atoms with Gasteiger partial charge in [0.05, 0.1) is 12.7 Å². The number of nitrogens with zero attached hydrogens (tertiary/aromatic N) is 1. The van der Waals surface area contributed by atoms with Crippen LogP contribution in [-0.2, 0) is 24.1 Å². The van der Waals surface area contributed by atoms with Crippen molar-refractivity contribution in [3.8, 4) is 0 Å². The van der Waals surface area contributed by atoms with Gasteiger partial charge < -0.3 is 15.4 Å². The van der Waals surface area contributed by atoms with Gasteiger partial charge in [-0.15, -0.1) is 0 Å². The zero-order valence-corrected chi connectivity index (χ0v) is 18.5. The fourth-order valence-corrected chi connectivity index (χ4v) is 3.66. The van der Waals surface area contributed by atoms with Crippen molar-refractivity contribution in [2.24, 2.45) is 5.73 Å². The number of carbonyl (C=O) groups is 2. The SMILES string of the molecule is COC(=O)c1ccc(CN(CCCN)C(=O)c2ccccc2CCc2ccccc2)cc1. The van der Waals surface area contributed by atoms with Crippen molar-refractivity contribution in [1.82, 2.24) is 4.90 Å². The molecule has 0 aliphatic rings. The number of carbonyl (C=O) groups excluding carboxylic acids is 2. The first-order chi connectivity index (χ1) is 15.6. The van der Waals surface area contributed by atoms with Crippen molar-refractivity contribution >= 4 is 11.9 Å². The Morgan fingerprint density at radius 1 is 0.844 bits per heavy atom. The number of hydrogen-bond acceptors (Lipinski definition) is 4. The second-order valence-corrected chi connectivity index (χ2v) is 7.70. The summed E-state index contributed by atoms with van der Waals surface area (Å²) < 4.78 is 4.76. The van der Waals surface area contributed by atoms with Crippen LogP contribution < -0.4 is 5.73 Å². The maximum atomic E-state index is 13.5. The summed E-state index contributed by atoms with van der Waals surface area (Å²) in [6.07, 6.45) is 2.39. The topological polar surface area (TPSA) is 72.6 Å². The molecule has 0 bridgehead atoms. The van der Waals surface area contributed by atoms with Gasteiger partial charge in [0.15, 0.2) is 0 Å². The van der Waals surface area contributed by atoms with E-state index in [0.717, 1.165) is 36.0 Å². The fourth-order valence-electron chi connectivity index (χ4n) is 3.66. The van der Waals surface area contributed by atoms with Gasteiger partial charge in [0, 0.05) is 18.7 Å². The van der Waals surface area contributed by atoms with Crippen molar-refractivity contribution < 1.29 is 14.3 Å². The highest BCUT2D eigenvalue weighted by molar-refractivity contribution is 5.95. The highest BCUT2D eigenvalue weighted by Crippen LogP contribution is 2.18. The summed E-state index contributed by atoms with van der Waals surface area (Å²) in [5, 5.41) is 0. The number of rotatable bonds is 10. The number of hydrogen-bond donors (Lipinski definition) is 1. The molecule has 5 nitrogen and oxygen atoms in total. The number of aryl methyl sites for hydroxylation is 2. The van der Waals surface area contributed by atoms with Crippen LogP contribution in [0.25, 0.3) is 0 Å². The number of amides is 1. The molecular formula is C27H30N2O3. The van der Waals surface area contributed by atoms with E-state index >= 15 is 0 Å². The molecule has 0 fully saturated rings. The predicted molar refractivity (Wildman–Crippen MR) is 126 cm³/mol. The maximum Gasteiger partial charge on any atom is 0.337 e. The Morgan fingerprint density at radius 3 is 2.22 bits per heavy atom. The van der Waals surface area contributed by atoms with Crippen molar-refractivity contribution in [3.63, 3.8) is 0 Å². The van der Waals surface area contributed by atoms with Crippen LogP contribution in [0.2, 0.25) is 0 Å². The highest BCUT2D eigenvalue weighted by atomic mass is 16.5. The zero-order chi connectivity index (χ0) is 22.8. The Morgan fingerprint density at radius 2 is 1.53 bits per heavy atom. The second-order valence-electron chi connectivity index (χ2n) is 7.70. The van der Waals surface area contributed by atoms with Crippen molar-refractivity contribution in [3.05, 3.63) is 107 Å². The van der Waals surface area contributed by atoms with Crippen molar-refractivity contribution in [2.45, 2.75) is 25.8 Å². The van der Waals surface area contributed by atoms with Gasteiger partial charge in [-0.25, -0.2) is 4.79 Å². The third-order valence-corrected chi connectivity index (χ3v) is 5.44. The summed E-state index contributed by atoms with van der Waals surface area (Å²) >= 11 is 0. The van der Waals surface area contributed by atoms with E-state index in [2.05, 4.69) is 12.1 Å². The fraction of sp³-hybridized carbons (Fsp3) is 0.259. The third kappa shape index (κ3) is 6.28. The summed E-state index contributed by atoms with van der Waals surface area (Å²) in [7, 11) is 1.36. The lowest BCUT2D eigenvalue weighted by atomic mass is 9.98. The molecular weight excluding hydrogens is 400 g/mol. The van der Waals surface area contributed by atoms with Crippen LogP contribution in [0.4, 0.5) is 0 Å². The van der Waals surface area contributed by atoms with Gasteiger partial charge in [-0.2, -0.15) is 0 Å². The molecule has 2 N–H and O–H groups in total. The summed E-state index contributed by atoms with van der Waals surface area (Å²) in [5.41, 5.74) is 10.2. The van der Waals surface area contributed by atoms with Crippen LogP contribution in [0.5, 0.6) is 0 Å². The molecule has 0 saturated heterocycles. The minimum Gasteiger partial charge on any atom is -0.465 e. The van der Waals surface area contributed by atoms with Crippen LogP contribution in [0.3, 0.4) is 0 Å². The molecule has 3 aromatic carbocycles. The van der Waals surface area contributed by atoms with Crippen molar-refractivity contribution in [2.75, 3.05) is 20.2 Å². The smallest absolute Gasteiger partial charge is 0.337 e. The second kappa shape index (κ2) is 11.8. The average molecular weight is 431 g/mol. The molecule has 0 spiro atoms. The molecule has 1 amide bonds. The van der Waals surface area contributed by atoms with Gasteiger partial charge in [-0.3, -0.25) is 4.79 Å². The molecule has 0 atom stereocenters. The number of esters is 1. The quantitative estimate of drug-likeness (QED) is 0.488. The number of benzene rings is 3. The van der Waals surface area contributed by atoms with Gasteiger partial charge in [-0.1, -0.05) is 60.7 Å². The Labute approximate surface area is 189 Å². The van der Waals surface area contributed by atoms with Gasteiger partial charge in [-0.05, 0) is 60.7 Å². The number of methoxy groups -OCH3 is 1. The van der Waals surface area contributed by atoms with Crippen molar-refractivity contribution in [1.29, 1.82) is 0 Å². The number of ether oxygens (including phenoxy) is 1. The summed E-state index contributed by atoms with van der Waals surface area (Å²) in [4.78, 5) is 27.0. The van der Waals surface area contributed by atoms with Gasteiger partial charge in [0.1, 0.15) is 0 Å². The van der Waals surface area contributed by atoms with E-state index in [-0.39, 0.29) is 11.9 Å². The van der Waals surface area contributed by atoms with Crippen LogP contribution in [0.1, 0.15) is 43.8 Å². The van der Waals surface area contributed by atoms with Crippen LogP contribution in [-0.4, -0.2) is 37.0 Å². The van der Waals surface area contributed by atoms with Crippen LogP contribution in [0, 0.1) is 0 Å². The molecule has 5 heteroatoms. The lowest BCUT2D eigenvalue weighted by Gasteiger charge is -2.24. The van der Waals surface area contributed by atoms with Gasteiger partial charge in [0.25, 0.3) is 5.91 Å². The minimum absolute atomic E-state index is 0.000781. The molecule has 0 aromatic heterocycles. The molecule has 0 radical (unpaired) electrons. The predicted octanol–water partition coefficient (Wildman–Crippen LogP) is 4.25. The molecule has 32 heavy (non-hydrogen) atoms. The Balaban J connectivity index is 1.77. The Kier molecular flexibility index (Phi) is 8.58. The molecule has 0 heterocycles. The third-order valence-electron chi connectivity index (χ3n) is 5.44. The van der Waals surface area contributed by atoms with E-state index in [4.69, 9.17) is 10.5 Å². The standard InChI is InChI=1S/C27H30N2O3/c1-32-27(31)24-16-13-22(14-17-24)20-29(19-7-18-28)26(30)25-11-6-5-10-23(25)15-12-21-8-3-2-4-9-21/h2-6,8-11,13-14,16-17H,7,12,15,18-20,28H2,1H3. The molecule has 166 valence electrons. The van der Waals surface area contributed by atoms with Gasteiger partial charge >= 0.3 is 5.97 Å². The van der Waals surface area contributed by atoms with Crippen LogP contribution in [0.15, 0.2) is 78.9 Å². The summed E-state index contributed by atoms with van der Waals surface area (Å²) in [5.74, 6) is -0.376. The molecule has 3 aromatic rings. The van der Waals surface area contributed by atoms with E-state index < -0.39 is 0 Å². The van der Waals surface area contributed by atoms with E-state index in [1.165, 1.54) is 12.7 Å². The summed E-state index contributed by atoms with van der Waals surface area (Å²) in [6.45, 7) is 1.54. The van der Waals surface area contributed by atoms with E-state index in [1.54, 1.807) is 12.1 Å². The maximum absolute atomic E-state index is 13.5. The lowest BCUT2D eigenvalue weighted by molar-refractivity contribution is 0.0600. The molecule has 0 aliphatic heterocycles. The van der Waals surface area contributed by atoms with Gasteiger partial charge in [0.2, 0.25) is 0 Å². The normalized spacial score (nSPS) is 10.6. The minimum atomic E-state index is -0.375. The average Bonchev–Trinajstić information content (AvgIpc) is 2.85. The van der Waals surface area contributed by atoms with Crippen LogP contribution >= 0.6 is 0 Å². The first kappa shape index (κ1) is 23.2. The number of nitrogens with two attached hydrogens (primary N) is 1. The summed E-state index contributed by atoms with van der Waals surface area (Å²) in [6, 6.07) is 25.3. The molecule has 0 unspecified atom stereocenters. The largest absolute Gasteiger partial charge is 0.465 e. The van der Waals surface area contributed by atoms with E-state index in [0.29, 0.717) is 25.2 Å². The monoisotopic (exact) mass is 430 g/mol. The molecule has 3 rings (SSSR count). The first-order valence-electron chi connectivity index (χ1n) is 10.9. The van der Waals surface area contributed by atoms with E-state index in [9.17, 15) is 9.59 Å². The Bertz CT molecular complexity index is 1020. The first-order valence-corrected chi connectivity index (χ1v) is 10.9. The zero-order valence-electron chi connectivity index (χ0n) is 18.5. The highest BCUT2D eigenvalue weighted by Gasteiger charge is 2.19. The Hall–Kier alpha value is -3.44. The van der Waals surface area contributed by atoms with E-state index in [1.807, 2.05) is 59.5 Å². The molecule has 0 saturated carbocycles. The lowest BCUT2D eigenvalue weighted by Crippen LogP contribution is -2.33.